The fourth-order valence-electron chi connectivity index (χ4n) is 8.65. The van der Waals surface area contributed by atoms with Crippen LogP contribution in [0, 0.1) is 11.3 Å². The number of rotatable bonds is 9. The molecule has 0 spiro atoms. The SMILES string of the molecule is CNc1cc(-n2ccc3cc(C#N)ccc32)ncc1-c1nnc(C2CCC(NC(=O)CN3CCN(c4ccc5c(c4)C(=O)N(C4CCC(=O)NC4=O)C5=O)CC3)CC2)s1. The minimum atomic E-state index is -1.00. The second-order valence-electron chi connectivity index (χ2n) is 15.4. The molecule has 0 bridgehead atoms. The number of imide groups is 2. The molecule has 2 saturated heterocycles. The molecule has 1 atom stereocenters. The van der Waals surface area contributed by atoms with Crippen LogP contribution in [-0.4, -0.2) is 111 Å². The molecule has 5 aromatic rings. The van der Waals surface area contributed by atoms with Crippen molar-refractivity contribution >= 4 is 63.2 Å². The highest BCUT2D eigenvalue weighted by Gasteiger charge is 2.45. The van der Waals surface area contributed by atoms with Crippen molar-refractivity contribution in [1.29, 1.82) is 5.26 Å². The van der Waals surface area contributed by atoms with Gasteiger partial charge in [0.25, 0.3) is 11.8 Å². The summed E-state index contributed by atoms with van der Waals surface area (Å²) in [6, 6.07) is 16.0. The van der Waals surface area contributed by atoms with Crippen LogP contribution in [0.15, 0.2) is 60.9 Å². The van der Waals surface area contributed by atoms with E-state index in [1.54, 1.807) is 29.5 Å². The topological polar surface area (TPSA) is 199 Å². The second-order valence-corrected chi connectivity index (χ2v) is 16.4. The van der Waals surface area contributed by atoms with E-state index in [4.69, 9.17) is 4.98 Å². The summed E-state index contributed by atoms with van der Waals surface area (Å²) in [4.78, 5) is 73.6. The van der Waals surface area contributed by atoms with E-state index in [9.17, 15) is 29.2 Å². The Bertz CT molecular complexity index is 2560. The van der Waals surface area contributed by atoms with Crippen LogP contribution in [0.1, 0.15) is 75.7 Å². The van der Waals surface area contributed by atoms with Crippen molar-refractivity contribution in [2.24, 2.45) is 0 Å². The first-order valence-corrected chi connectivity index (χ1v) is 20.6. The van der Waals surface area contributed by atoms with E-state index in [1.165, 1.54) is 0 Å². The number of benzene rings is 2. The first-order chi connectivity index (χ1) is 28.7. The Balaban J connectivity index is 0.750. The molecule has 3 aliphatic heterocycles. The molecule has 9 rings (SSSR count). The molecule has 3 fully saturated rings. The third-order valence-electron chi connectivity index (χ3n) is 11.9. The smallest absolute Gasteiger partial charge is 0.262 e. The Morgan fingerprint density at radius 2 is 1.71 bits per heavy atom. The quantitative estimate of drug-likeness (QED) is 0.182. The van der Waals surface area contributed by atoms with E-state index >= 15 is 0 Å². The zero-order valence-electron chi connectivity index (χ0n) is 32.3. The van der Waals surface area contributed by atoms with Crippen molar-refractivity contribution in [2.45, 2.75) is 56.5 Å². The Hall–Kier alpha value is -6.51. The highest BCUT2D eigenvalue weighted by molar-refractivity contribution is 7.14. The number of piperidine rings is 1. The van der Waals surface area contributed by atoms with Crippen LogP contribution in [0.4, 0.5) is 11.4 Å². The molecule has 1 unspecified atom stereocenters. The van der Waals surface area contributed by atoms with Gasteiger partial charge in [-0.3, -0.25) is 39.1 Å². The van der Waals surface area contributed by atoms with Gasteiger partial charge in [-0.2, -0.15) is 5.26 Å². The fourth-order valence-corrected chi connectivity index (χ4v) is 9.69. The Labute approximate surface area is 343 Å². The zero-order valence-corrected chi connectivity index (χ0v) is 33.1. The molecule has 1 saturated carbocycles. The predicted molar refractivity (Wildman–Crippen MR) is 219 cm³/mol. The summed E-state index contributed by atoms with van der Waals surface area (Å²) >= 11 is 1.58. The molecule has 0 radical (unpaired) electrons. The van der Waals surface area contributed by atoms with Gasteiger partial charge in [-0.25, -0.2) is 4.98 Å². The fraction of sp³-hybridized carbons (Fsp3) is 0.357. The molecule has 2 aromatic carbocycles. The lowest BCUT2D eigenvalue weighted by molar-refractivity contribution is -0.136. The van der Waals surface area contributed by atoms with Gasteiger partial charge in [0, 0.05) is 86.8 Å². The molecule has 6 heterocycles. The normalized spacial score (nSPS) is 21.1. The summed E-state index contributed by atoms with van der Waals surface area (Å²) in [6.07, 6.45) is 7.49. The molecular formula is C42H41N11O5S. The monoisotopic (exact) mass is 811 g/mol. The van der Waals surface area contributed by atoms with Crippen LogP contribution in [0.5, 0.6) is 0 Å². The van der Waals surface area contributed by atoms with Crippen molar-refractivity contribution in [3.63, 3.8) is 0 Å². The van der Waals surface area contributed by atoms with Gasteiger partial charge in [0.15, 0.2) is 5.01 Å². The maximum Gasteiger partial charge on any atom is 0.262 e. The summed E-state index contributed by atoms with van der Waals surface area (Å²) in [5.41, 5.74) is 4.65. The van der Waals surface area contributed by atoms with E-state index in [-0.39, 0.29) is 41.8 Å². The van der Waals surface area contributed by atoms with Crippen LogP contribution < -0.4 is 20.9 Å². The highest BCUT2D eigenvalue weighted by atomic mass is 32.1. The first-order valence-electron chi connectivity index (χ1n) is 19.8. The number of carbonyl (C=O) groups is 5. The van der Waals surface area contributed by atoms with E-state index in [1.807, 2.05) is 54.3 Å². The maximum atomic E-state index is 13.3. The first kappa shape index (κ1) is 38.0. The van der Waals surface area contributed by atoms with Crippen molar-refractivity contribution in [2.75, 3.05) is 50.0 Å². The number of fused-ring (bicyclic) bond motifs is 2. The lowest BCUT2D eigenvalue weighted by Gasteiger charge is -2.36. The number of nitrogens with one attached hydrogen (secondary N) is 3. The number of nitriles is 1. The van der Waals surface area contributed by atoms with E-state index < -0.39 is 29.7 Å². The van der Waals surface area contributed by atoms with Crippen molar-refractivity contribution in [3.8, 4) is 22.5 Å². The molecule has 3 aromatic heterocycles. The molecule has 17 heteroatoms. The van der Waals surface area contributed by atoms with Crippen molar-refractivity contribution in [1.82, 2.24) is 40.2 Å². The molecule has 300 valence electrons. The average Bonchev–Trinajstić information content (AvgIpc) is 3.98. The van der Waals surface area contributed by atoms with Gasteiger partial charge in [0.2, 0.25) is 17.7 Å². The Morgan fingerprint density at radius 1 is 0.915 bits per heavy atom. The summed E-state index contributed by atoms with van der Waals surface area (Å²) in [7, 11) is 1.87. The minimum Gasteiger partial charge on any atom is -0.387 e. The summed E-state index contributed by atoms with van der Waals surface area (Å²) in [5, 5.41) is 29.9. The second kappa shape index (κ2) is 15.7. The number of amides is 5. The molecule has 16 nitrogen and oxygen atoms in total. The van der Waals surface area contributed by atoms with Crippen LogP contribution in [0.3, 0.4) is 0 Å². The third kappa shape index (κ3) is 7.29. The van der Waals surface area contributed by atoms with Gasteiger partial charge in [-0.15, -0.1) is 10.2 Å². The van der Waals surface area contributed by atoms with Crippen LogP contribution in [-0.2, 0) is 14.4 Å². The van der Waals surface area contributed by atoms with Gasteiger partial charge in [-0.1, -0.05) is 11.3 Å². The number of piperazine rings is 1. The number of aromatic nitrogens is 4. The molecule has 3 N–H and O–H groups in total. The highest BCUT2D eigenvalue weighted by Crippen LogP contribution is 2.39. The summed E-state index contributed by atoms with van der Waals surface area (Å²) in [5.74, 6) is -1.06. The predicted octanol–water partition coefficient (Wildman–Crippen LogP) is 3.82. The molecular weight excluding hydrogens is 771 g/mol. The van der Waals surface area contributed by atoms with Gasteiger partial charge in [-0.05, 0) is 74.6 Å². The average molecular weight is 812 g/mol. The number of anilines is 2. The van der Waals surface area contributed by atoms with Gasteiger partial charge < -0.3 is 20.1 Å². The summed E-state index contributed by atoms with van der Waals surface area (Å²) < 4.78 is 2.00. The lowest BCUT2D eigenvalue weighted by atomic mass is 9.86. The number of nitrogens with zero attached hydrogens (tertiary/aromatic N) is 8. The standard InChI is InChI=1S/C42H41N11O5S/c1-44-32-20-35(52-13-12-26-18-24(21-43)2-9-33(26)52)45-22-31(32)40-49-48-39(59-40)25-3-5-27(6-4-25)46-37(55)23-50-14-16-51(17-15-50)28-7-8-29-30(19-28)42(58)53(41(29)57)34-10-11-36(54)47-38(34)56/h2,7-9,12-13,18-20,22,25,27,34H,3-6,10-11,14-17,23H2,1H3,(H,44,45)(H,46,55)(H,47,54,56). The minimum absolute atomic E-state index is 0.00523. The lowest BCUT2D eigenvalue weighted by Crippen LogP contribution is -2.54. The van der Waals surface area contributed by atoms with Crippen molar-refractivity contribution < 1.29 is 24.0 Å². The number of carbonyl (C=O) groups excluding carboxylic acids is 5. The van der Waals surface area contributed by atoms with E-state index in [0.717, 1.165) is 74.3 Å². The Kier molecular flexibility index (Phi) is 10.1. The number of hydrogen-bond acceptors (Lipinski definition) is 13. The third-order valence-corrected chi connectivity index (χ3v) is 13.0. The van der Waals surface area contributed by atoms with Crippen LogP contribution in [0.25, 0.3) is 27.3 Å². The molecule has 5 amide bonds. The largest absolute Gasteiger partial charge is 0.387 e. The number of hydrogen-bond donors (Lipinski definition) is 3. The summed E-state index contributed by atoms with van der Waals surface area (Å²) in [6.45, 7) is 2.91. The zero-order chi connectivity index (χ0) is 40.8. The van der Waals surface area contributed by atoms with E-state index in [0.29, 0.717) is 38.3 Å². The molecule has 4 aliphatic rings. The van der Waals surface area contributed by atoms with Gasteiger partial charge in [0.05, 0.1) is 40.4 Å². The van der Waals surface area contributed by atoms with Crippen molar-refractivity contribution in [3.05, 3.63) is 82.6 Å². The maximum absolute atomic E-state index is 13.3. The van der Waals surface area contributed by atoms with Gasteiger partial charge in [0.1, 0.15) is 16.9 Å². The molecule has 1 aliphatic carbocycles. The van der Waals surface area contributed by atoms with Gasteiger partial charge >= 0.3 is 0 Å². The van der Waals surface area contributed by atoms with Crippen LogP contribution in [0.2, 0.25) is 0 Å². The number of pyridine rings is 1. The molecule has 59 heavy (non-hydrogen) atoms. The van der Waals surface area contributed by atoms with E-state index in [2.05, 4.69) is 42.0 Å². The Morgan fingerprint density at radius 3 is 2.47 bits per heavy atom. The van der Waals surface area contributed by atoms with Crippen LogP contribution >= 0.6 is 11.3 Å².